The minimum Gasteiger partial charge on any atom is -0.265 e. The fourth-order valence-corrected chi connectivity index (χ4v) is 3.58. The molecule has 8 nitrogen and oxygen atoms in total. The first-order valence-electron chi connectivity index (χ1n) is 9.49. The molecule has 30 heavy (non-hydrogen) atoms. The Hall–Kier alpha value is -3.88. The minimum atomic E-state index is -0.470. The highest BCUT2D eigenvalue weighted by Gasteiger charge is 2.30. The Kier molecular flexibility index (Phi) is 4.16. The lowest BCUT2D eigenvalue weighted by molar-refractivity contribution is -0.384. The Morgan fingerprint density at radius 3 is 2.63 bits per heavy atom. The second-order valence-electron chi connectivity index (χ2n) is 7.34. The molecule has 2 aromatic carbocycles. The number of fused-ring (bicyclic) bond motifs is 1. The molecule has 0 radical (unpaired) electrons. The number of benzene rings is 2. The van der Waals surface area contributed by atoms with Crippen LogP contribution in [-0.4, -0.2) is 24.5 Å². The predicted molar refractivity (Wildman–Crippen MR) is 107 cm³/mol. The fraction of sp³-hybridized carbons (Fsp3) is 0.190. The second kappa shape index (κ2) is 6.87. The van der Waals surface area contributed by atoms with E-state index < -0.39 is 4.92 Å². The van der Waals surface area contributed by atoms with E-state index in [1.807, 2.05) is 0 Å². The molecule has 0 atom stereocenters. The van der Waals surface area contributed by atoms with Crippen LogP contribution in [0.3, 0.4) is 0 Å². The zero-order valence-electron chi connectivity index (χ0n) is 15.7. The van der Waals surface area contributed by atoms with Gasteiger partial charge in [-0.25, -0.2) is 13.8 Å². The molecule has 1 aliphatic carbocycles. The van der Waals surface area contributed by atoms with E-state index in [9.17, 15) is 19.3 Å². The third-order valence-electron chi connectivity index (χ3n) is 5.20. The molecule has 0 N–H and O–H groups in total. The lowest BCUT2D eigenvalue weighted by atomic mass is 10.2. The molecular weight excluding hydrogens is 389 g/mol. The summed E-state index contributed by atoms with van der Waals surface area (Å²) >= 11 is 0. The van der Waals surface area contributed by atoms with Gasteiger partial charge in [0.1, 0.15) is 11.3 Å². The first kappa shape index (κ1) is 18.2. The summed E-state index contributed by atoms with van der Waals surface area (Å²) in [5.74, 6) is -0.117. The summed E-state index contributed by atoms with van der Waals surface area (Å²) in [6, 6.07) is 11.9. The van der Waals surface area contributed by atoms with Crippen LogP contribution in [0.25, 0.3) is 16.6 Å². The van der Waals surface area contributed by atoms with Gasteiger partial charge in [-0.15, -0.1) is 0 Å². The number of rotatable bonds is 5. The molecule has 0 spiro atoms. The molecule has 1 fully saturated rings. The van der Waals surface area contributed by atoms with Gasteiger partial charge in [-0.3, -0.25) is 14.9 Å². The van der Waals surface area contributed by atoms with Crippen LogP contribution in [0.2, 0.25) is 0 Å². The zero-order valence-corrected chi connectivity index (χ0v) is 15.7. The van der Waals surface area contributed by atoms with E-state index in [0.717, 1.165) is 18.5 Å². The van der Waals surface area contributed by atoms with Crippen molar-refractivity contribution in [1.82, 2.24) is 19.6 Å². The number of nitro benzene ring substituents is 1. The van der Waals surface area contributed by atoms with Crippen molar-refractivity contribution < 1.29 is 9.31 Å². The molecule has 9 heteroatoms. The van der Waals surface area contributed by atoms with Gasteiger partial charge in [-0.1, -0.05) is 12.1 Å². The van der Waals surface area contributed by atoms with Gasteiger partial charge >= 0.3 is 0 Å². The van der Waals surface area contributed by atoms with E-state index in [0.29, 0.717) is 22.2 Å². The van der Waals surface area contributed by atoms with Gasteiger partial charge < -0.3 is 0 Å². The van der Waals surface area contributed by atoms with Crippen LogP contribution < -0.4 is 5.56 Å². The standard InChI is InChI=1S/C21H16FN5O3/c22-15-6-8-16(9-7-15)26-20-18(11-23-26)19(14-4-5-14)24-25(21(20)28)12-13-2-1-3-17(10-13)27(29)30/h1-3,6-11,14H,4-5,12H2. The molecule has 4 aromatic rings. The SMILES string of the molecule is O=c1c2c(cnn2-c2ccc(F)cc2)c(C2CC2)nn1Cc1cccc([N+](=O)[O-])c1. The van der Waals surface area contributed by atoms with Gasteiger partial charge in [0.2, 0.25) is 0 Å². The van der Waals surface area contributed by atoms with Crippen molar-refractivity contribution in [3.8, 4) is 5.69 Å². The third kappa shape index (κ3) is 3.14. The number of hydrogen-bond acceptors (Lipinski definition) is 5. The number of nitro groups is 1. The Balaban J connectivity index is 1.67. The van der Waals surface area contributed by atoms with Gasteiger partial charge in [0.05, 0.1) is 29.0 Å². The van der Waals surface area contributed by atoms with E-state index in [2.05, 4.69) is 10.2 Å². The highest BCUT2D eigenvalue weighted by Crippen LogP contribution is 2.41. The fourth-order valence-electron chi connectivity index (χ4n) is 3.58. The normalized spacial score (nSPS) is 13.6. The Labute approximate surface area is 169 Å². The molecule has 2 aromatic heterocycles. The maximum absolute atomic E-state index is 13.3. The average molecular weight is 405 g/mol. The highest BCUT2D eigenvalue weighted by molar-refractivity contribution is 5.82. The van der Waals surface area contributed by atoms with E-state index in [4.69, 9.17) is 0 Å². The summed E-state index contributed by atoms with van der Waals surface area (Å²) in [6.45, 7) is 0.102. The minimum absolute atomic E-state index is 0.0413. The number of nitrogens with zero attached hydrogens (tertiary/aromatic N) is 5. The van der Waals surface area contributed by atoms with Crippen molar-refractivity contribution >= 4 is 16.6 Å². The van der Waals surface area contributed by atoms with Crippen LogP contribution in [0.4, 0.5) is 10.1 Å². The van der Waals surface area contributed by atoms with E-state index in [1.54, 1.807) is 30.5 Å². The molecule has 150 valence electrons. The summed E-state index contributed by atoms with van der Waals surface area (Å²) < 4.78 is 16.2. The van der Waals surface area contributed by atoms with Crippen LogP contribution in [0.1, 0.15) is 30.0 Å². The first-order valence-corrected chi connectivity index (χ1v) is 9.49. The van der Waals surface area contributed by atoms with E-state index in [1.165, 1.54) is 33.6 Å². The average Bonchev–Trinajstić information content (AvgIpc) is 3.49. The molecule has 2 heterocycles. The maximum Gasteiger partial charge on any atom is 0.293 e. The summed E-state index contributed by atoms with van der Waals surface area (Å²) in [5.41, 5.74) is 1.93. The summed E-state index contributed by atoms with van der Waals surface area (Å²) in [5, 5.41) is 20.7. The molecule has 0 saturated heterocycles. The Morgan fingerprint density at radius 2 is 1.93 bits per heavy atom. The number of aromatic nitrogens is 4. The first-order chi connectivity index (χ1) is 14.5. The van der Waals surface area contributed by atoms with Crippen molar-refractivity contribution in [1.29, 1.82) is 0 Å². The largest absolute Gasteiger partial charge is 0.293 e. The van der Waals surface area contributed by atoms with Crippen molar-refractivity contribution in [2.45, 2.75) is 25.3 Å². The lowest BCUT2D eigenvalue weighted by Crippen LogP contribution is -2.26. The van der Waals surface area contributed by atoms with Crippen molar-refractivity contribution in [2.75, 3.05) is 0 Å². The summed E-state index contributed by atoms with van der Waals surface area (Å²) in [4.78, 5) is 23.9. The summed E-state index contributed by atoms with van der Waals surface area (Å²) in [6.07, 6.45) is 3.59. The monoisotopic (exact) mass is 405 g/mol. The third-order valence-corrected chi connectivity index (χ3v) is 5.20. The van der Waals surface area contributed by atoms with Gasteiger partial charge in [-0.2, -0.15) is 10.2 Å². The van der Waals surface area contributed by atoms with Gasteiger partial charge in [0.15, 0.2) is 0 Å². The van der Waals surface area contributed by atoms with Crippen molar-refractivity contribution in [3.63, 3.8) is 0 Å². The van der Waals surface area contributed by atoms with Crippen LogP contribution in [-0.2, 0) is 6.54 Å². The quantitative estimate of drug-likeness (QED) is 0.374. The topological polar surface area (TPSA) is 95.8 Å². The van der Waals surface area contributed by atoms with Gasteiger partial charge in [0.25, 0.3) is 11.2 Å². The zero-order chi connectivity index (χ0) is 20.8. The van der Waals surface area contributed by atoms with E-state index in [-0.39, 0.29) is 29.5 Å². The molecule has 0 aliphatic heterocycles. The Morgan fingerprint density at radius 1 is 1.17 bits per heavy atom. The van der Waals surface area contributed by atoms with Crippen LogP contribution >= 0.6 is 0 Å². The summed E-state index contributed by atoms with van der Waals surface area (Å²) in [7, 11) is 0. The number of halogens is 1. The molecule has 1 aliphatic rings. The Bertz CT molecular complexity index is 1340. The molecule has 1 saturated carbocycles. The van der Waals surface area contributed by atoms with Crippen LogP contribution in [0.15, 0.2) is 59.5 Å². The molecule has 0 bridgehead atoms. The van der Waals surface area contributed by atoms with Crippen LogP contribution in [0.5, 0.6) is 0 Å². The smallest absolute Gasteiger partial charge is 0.265 e. The maximum atomic E-state index is 13.3. The van der Waals surface area contributed by atoms with Crippen molar-refractivity contribution in [3.05, 3.63) is 92.3 Å². The second-order valence-corrected chi connectivity index (χ2v) is 7.34. The molecule has 0 unspecified atom stereocenters. The molecule has 5 rings (SSSR count). The molecule has 0 amide bonds. The van der Waals surface area contributed by atoms with Gasteiger partial charge in [-0.05, 0) is 42.7 Å². The highest BCUT2D eigenvalue weighted by atomic mass is 19.1. The van der Waals surface area contributed by atoms with Gasteiger partial charge in [0, 0.05) is 23.4 Å². The number of hydrogen-bond donors (Lipinski definition) is 0. The van der Waals surface area contributed by atoms with Crippen LogP contribution in [0, 0.1) is 15.9 Å². The van der Waals surface area contributed by atoms with Crippen molar-refractivity contribution in [2.24, 2.45) is 0 Å². The van der Waals surface area contributed by atoms with E-state index >= 15 is 0 Å². The predicted octanol–water partition coefficient (Wildman–Crippen LogP) is 3.56. The lowest BCUT2D eigenvalue weighted by Gasteiger charge is -2.10. The molecular formula is C21H16FN5O3. The number of non-ortho nitro benzene ring substituents is 1.